The topological polar surface area (TPSA) is 84.9 Å². The Balaban J connectivity index is 1.26. The Morgan fingerprint density at radius 1 is 1.00 bits per heavy atom. The van der Waals surface area contributed by atoms with Crippen LogP contribution in [0.5, 0.6) is 0 Å². The Morgan fingerprint density at radius 2 is 1.64 bits per heavy atom. The van der Waals surface area contributed by atoms with Crippen molar-refractivity contribution < 1.29 is 35.9 Å². The minimum Gasteiger partial charge on any atom is -0.373 e. The van der Waals surface area contributed by atoms with Crippen LogP contribution in [0, 0.1) is 0 Å². The fourth-order valence-electron chi connectivity index (χ4n) is 5.61. The molecule has 1 N–H and O–H groups in total. The molecule has 2 atom stereocenters. The summed E-state index contributed by atoms with van der Waals surface area (Å²) in [5.41, 5.74) is -4.21. The zero-order chi connectivity index (χ0) is 27.9. The molecular weight excluding hydrogens is 533 g/mol. The number of halogens is 3. The Morgan fingerprint density at radius 3 is 2.28 bits per heavy atom. The molecule has 3 aromatic rings. The molecule has 1 spiro atoms. The number of nitrogens with one attached hydrogen (secondary N) is 1. The van der Waals surface area contributed by atoms with E-state index in [0.717, 1.165) is 17.9 Å². The van der Waals surface area contributed by atoms with Gasteiger partial charge in [0.15, 0.2) is 0 Å². The summed E-state index contributed by atoms with van der Waals surface area (Å²) in [6.45, 7) is 0.421. The summed E-state index contributed by atoms with van der Waals surface area (Å²) in [7, 11) is -2.88. The molecule has 0 saturated carbocycles. The van der Waals surface area contributed by atoms with Crippen LogP contribution in [0.3, 0.4) is 0 Å². The molecule has 2 aliphatic rings. The van der Waals surface area contributed by atoms with Crippen LogP contribution in [0.2, 0.25) is 0 Å². The smallest absolute Gasteiger partial charge is 0.373 e. The van der Waals surface area contributed by atoms with Crippen molar-refractivity contribution in [1.82, 2.24) is 9.62 Å². The normalized spacial score (nSPS) is 21.6. The molecule has 0 aliphatic carbocycles. The van der Waals surface area contributed by atoms with Gasteiger partial charge in [0.05, 0.1) is 23.1 Å². The first kappa shape index (κ1) is 27.6. The number of carbonyl (C=O) groups is 1. The molecule has 2 saturated heterocycles. The first-order valence-electron chi connectivity index (χ1n) is 12.6. The van der Waals surface area contributed by atoms with Crippen molar-refractivity contribution in [2.24, 2.45) is 0 Å². The molecule has 1 amide bonds. The van der Waals surface area contributed by atoms with Gasteiger partial charge in [0.2, 0.25) is 10.0 Å². The molecule has 7 nitrogen and oxygen atoms in total. The minimum atomic E-state index is -5.01. The van der Waals surface area contributed by atoms with E-state index in [1.807, 2.05) is 24.3 Å². The predicted molar refractivity (Wildman–Crippen MR) is 138 cm³/mol. The summed E-state index contributed by atoms with van der Waals surface area (Å²) in [5.74, 6) is -1.31. The quantitative estimate of drug-likeness (QED) is 0.482. The van der Waals surface area contributed by atoms with Gasteiger partial charge in [-0.25, -0.2) is 8.42 Å². The monoisotopic (exact) mass is 562 g/mol. The Bertz CT molecular complexity index is 1460. The third-order valence-electron chi connectivity index (χ3n) is 7.74. The van der Waals surface area contributed by atoms with Gasteiger partial charge in [-0.15, -0.1) is 0 Å². The van der Waals surface area contributed by atoms with Crippen LogP contribution in [0.15, 0.2) is 77.7 Å². The number of ether oxygens (including phenoxy) is 2. The highest BCUT2D eigenvalue weighted by molar-refractivity contribution is 7.89. The maximum absolute atomic E-state index is 14.2. The van der Waals surface area contributed by atoms with Gasteiger partial charge in [-0.05, 0) is 42.2 Å². The first-order valence-corrected chi connectivity index (χ1v) is 14.1. The number of benzene rings is 3. The fraction of sp³-hybridized carbons (Fsp3) is 0.393. The molecule has 11 heteroatoms. The number of hydrogen-bond donors (Lipinski definition) is 1. The summed E-state index contributed by atoms with van der Waals surface area (Å²) in [6.07, 6.45) is -4.01. The lowest BCUT2D eigenvalue weighted by Crippen LogP contribution is -2.57. The number of sulfonamides is 1. The van der Waals surface area contributed by atoms with Gasteiger partial charge in [-0.2, -0.15) is 17.5 Å². The second-order valence-corrected chi connectivity index (χ2v) is 12.0. The molecule has 3 aromatic carbocycles. The van der Waals surface area contributed by atoms with E-state index >= 15 is 0 Å². The number of hydrogen-bond acceptors (Lipinski definition) is 5. The van der Waals surface area contributed by atoms with Crippen molar-refractivity contribution in [3.05, 3.63) is 78.4 Å². The lowest BCUT2D eigenvalue weighted by atomic mass is 9.87. The van der Waals surface area contributed by atoms with Crippen LogP contribution in [0.4, 0.5) is 13.2 Å². The molecule has 0 aromatic heterocycles. The number of fused-ring (bicyclic) bond motifs is 1. The van der Waals surface area contributed by atoms with Gasteiger partial charge in [-0.3, -0.25) is 4.79 Å². The molecule has 0 bridgehead atoms. The highest BCUT2D eigenvalue weighted by atomic mass is 32.2. The maximum atomic E-state index is 14.2. The molecule has 39 heavy (non-hydrogen) atoms. The summed E-state index contributed by atoms with van der Waals surface area (Å²) in [5, 5.41) is 4.26. The molecule has 2 fully saturated rings. The van der Waals surface area contributed by atoms with E-state index in [9.17, 15) is 26.4 Å². The van der Waals surface area contributed by atoms with Crippen LogP contribution < -0.4 is 5.32 Å². The average Bonchev–Trinajstić information content (AvgIpc) is 3.30. The number of carbonyl (C=O) groups excluding carboxylic acids is 1. The fourth-order valence-corrected chi connectivity index (χ4v) is 7.08. The summed E-state index contributed by atoms with van der Waals surface area (Å²) in [4.78, 5) is 13.3. The first-order chi connectivity index (χ1) is 18.5. The van der Waals surface area contributed by atoms with E-state index in [2.05, 4.69) is 5.32 Å². The molecular formula is C28H29F3N2O5S. The minimum absolute atomic E-state index is 0.0234. The van der Waals surface area contributed by atoms with Gasteiger partial charge in [-0.1, -0.05) is 60.7 Å². The number of methoxy groups -OCH3 is 1. The predicted octanol–water partition coefficient (Wildman–Crippen LogP) is 4.37. The molecule has 5 rings (SSSR count). The van der Waals surface area contributed by atoms with E-state index in [4.69, 9.17) is 9.47 Å². The van der Waals surface area contributed by atoms with E-state index < -0.39 is 39.4 Å². The van der Waals surface area contributed by atoms with Crippen LogP contribution in [0.1, 0.15) is 24.8 Å². The van der Waals surface area contributed by atoms with Gasteiger partial charge < -0.3 is 14.8 Å². The van der Waals surface area contributed by atoms with Crippen molar-refractivity contribution in [3.8, 4) is 0 Å². The number of alkyl halides is 3. The van der Waals surface area contributed by atoms with E-state index in [0.29, 0.717) is 12.8 Å². The van der Waals surface area contributed by atoms with Crippen molar-refractivity contribution in [2.45, 2.75) is 47.6 Å². The Labute approximate surface area is 224 Å². The highest BCUT2D eigenvalue weighted by Gasteiger charge is 2.63. The Hall–Kier alpha value is -2.99. The summed E-state index contributed by atoms with van der Waals surface area (Å²) < 4.78 is 81.6. The summed E-state index contributed by atoms with van der Waals surface area (Å²) in [6, 6.07) is 18.6. The lowest BCUT2D eigenvalue weighted by Gasteiger charge is -2.38. The van der Waals surface area contributed by atoms with Crippen LogP contribution in [-0.2, 0) is 29.9 Å². The van der Waals surface area contributed by atoms with Crippen LogP contribution in [0.25, 0.3) is 10.8 Å². The number of amides is 1. The van der Waals surface area contributed by atoms with Crippen LogP contribution in [-0.4, -0.2) is 63.3 Å². The highest BCUT2D eigenvalue weighted by Crippen LogP contribution is 2.43. The molecule has 0 radical (unpaired) electrons. The third-order valence-corrected chi connectivity index (χ3v) is 9.64. The van der Waals surface area contributed by atoms with Crippen molar-refractivity contribution in [1.29, 1.82) is 0 Å². The molecule has 2 heterocycles. The maximum Gasteiger partial charge on any atom is 0.430 e. The van der Waals surface area contributed by atoms with Gasteiger partial charge in [0.25, 0.3) is 11.5 Å². The van der Waals surface area contributed by atoms with E-state index in [1.54, 1.807) is 24.3 Å². The molecule has 0 unspecified atom stereocenters. The lowest BCUT2D eigenvalue weighted by molar-refractivity contribution is -0.266. The Kier molecular flexibility index (Phi) is 7.21. The van der Waals surface area contributed by atoms with E-state index in [1.165, 1.54) is 28.6 Å². The van der Waals surface area contributed by atoms with Gasteiger partial charge in [0, 0.05) is 25.8 Å². The number of piperidine rings is 1. The number of nitrogens with zero attached hydrogens (tertiary/aromatic N) is 1. The molecule has 2 aliphatic heterocycles. The zero-order valence-corrected chi connectivity index (χ0v) is 22.1. The standard InChI is InChI=1S/C28H29F3N2O5S/c1-37-27(28(29,30)31,22-9-3-2-4-10-22)25(34)32-23-18-26(38-19-23)13-15-33(16-14-26)39(35,36)24-12-11-20-7-5-6-8-21(20)17-24/h2-12,17,23H,13-16,18-19H2,1H3,(H,32,34)/t23-,27+/m1/s1. The van der Waals surface area contributed by atoms with Gasteiger partial charge in [0.1, 0.15) is 0 Å². The second-order valence-electron chi connectivity index (χ2n) is 10.0. The second kappa shape index (κ2) is 10.2. The van der Waals surface area contributed by atoms with Gasteiger partial charge >= 0.3 is 6.18 Å². The number of rotatable bonds is 6. The van der Waals surface area contributed by atoms with Crippen molar-refractivity contribution >= 4 is 26.7 Å². The van der Waals surface area contributed by atoms with Crippen molar-refractivity contribution in [3.63, 3.8) is 0 Å². The SMILES string of the molecule is CO[C@](C(=O)N[C@H]1COC2(CCN(S(=O)(=O)c3ccc4ccccc4c3)CC2)C1)(c1ccccc1)C(F)(F)F. The third kappa shape index (κ3) is 4.93. The molecule has 208 valence electrons. The van der Waals surface area contributed by atoms with Crippen molar-refractivity contribution in [2.75, 3.05) is 26.8 Å². The van der Waals surface area contributed by atoms with E-state index in [-0.39, 0.29) is 36.6 Å². The largest absolute Gasteiger partial charge is 0.430 e. The van der Waals surface area contributed by atoms with Crippen LogP contribution >= 0.6 is 0 Å². The average molecular weight is 563 g/mol. The zero-order valence-electron chi connectivity index (χ0n) is 21.3. The summed E-state index contributed by atoms with van der Waals surface area (Å²) >= 11 is 0.